The molecule has 0 spiro atoms. The second kappa shape index (κ2) is 7.84. The largest absolute Gasteiger partial charge is 0.307 e. The molecule has 0 aliphatic carbocycles. The lowest BCUT2D eigenvalue weighted by atomic mass is 9.99. The molecule has 0 amide bonds. The summed E-state index contributed by atoms with van der Waals surface area (Å²) in [5.74, 6) is 0. The fourth-order valence-corrected chi connectivity index (χ4v) is 4.80. The second-order valence-corrected chi connectivity index (χ2v) is 8.35. The minimum atomic E-state index is 0.0212. The Bertz CT molecular complexity index is 1300. The van der Waals surface area contributed by atoms with Gasteiger partial charge in [-0.15, -0.1) is 11.3 Å². The predicted molar refractivity (Wildman–Crippen MR) is 123 cm³/mol. The third kappa shape index (κ3) is 3.42. The molecule has 0 saturated heterocycles. The predicted octanol–water partition coefficient (Wildman–Crippen LogP) is 5.46. The van der Waals surface area contributed by atoms with Crippen LogP contribution in [0.15, 0.2) is 65.0 Å². The lowest BCUT2D eigenvalue weighted by molar-refractivity contribution is 0.641. The minimum absolute atomic E-state index is 0.0212. The van der Waals surface area contributed by atoms with Gasteiger partial charge in [0.25, 0.3) is 5.56 Å². The number of aryl methyl sites for hydroxylation is 2. The summed E-state index contributed by atoms with van der Waals surface area (Å²) < 4.78 is 1.92. The van der Waals surface area contributed by atoms with Gasteiger partial charge >= 0.3 is 0 Å². The molecule has 4 nitrogen and oxygen atoms in total. The molecular weight excluding hydrogens is 390 g/mol. The van der Waals surface area contributed by atoms with Gasteiger partial charge in [0, 0.05) is 35.6 Å². The summed E-state index contributed by atoms with van der Waals surface area (Å²) in [6.07, 6.45) is 9.78. The maximum Gasteiger partial charge on any atom is 0.261 e. The summed E-state index contributed by atoms with van der Waals surface area (Å²) in [5, 5.41) is 2.77. The summed E-state index contributed by atoms with van der Waals surface area (Å²) >= 11 is 1.52. The Morgan fingerprint density at radius 1 is 1.10 bits per heavy atom. The van der Waals surface area contributed by atoms with E-state index in [2.05, 4.69) is 40.3 Å². The van der Waals surface area contributed by atoms with Crippen molar-refractivity contribution in [1.82, 2.24) is 14.5 Å². The zero-order valence-electron chi connectivity index (χ0n) is 16.7. The lowest BCUT2D eigenvalue weighted by Crippen LogP contribution is -2.24. The molecule has 5 rings (SSSR count). The third-order valence-electron chi connectivity index (χ3n) is 5.42. The topological polar surface area (TPSA) is 47.8 Å². The van der Waals surface area contributed by atoms with E-state index in [1.165, 1.54) is 16.9 Å². The molecule has 0 fully saturated rings. The van der Waals surface area contributed by atoms with Gasteiger partial charge in [0.05, 0.1) is 11.3 Å². The molecule has 0 radical (unpaired) electrons. The Morgan fingerprint density at radius 2 is 1.97 bits per heavy atom. The normalized spacial score (nSPS) is 13.1. The molecule has 1 aromatic carbocycles. The summed E-state index contributed by atoms with van der Waals surface area (Å²) in [6, 6.07) is 14.3. The van der Waals surface area contributed by atoms with Crippen LogP contribution >= 0.6 is 11.3 Å². The molecule has 0 bridgehead atoms. The van der Waals surface area contributed by atoms with Gasteiger partial charge in [-0.2, -0.15) is 0 Å². The number of nitrogens with zero attached hydrogens (tertiary/aromatic N) is 3. The maximum atomic E-state index is 13.5. The first-order chi connectivity index (χ1) is 14.7. The van der Waals surface area contributed by atoms with E-state index in [-0.39, 0.29) is 5.56 Å². The number of rotatable bonds is 3. The zero-order chi connectivity index (χ0) is 20.5. The van der Waals surface area contributed by atoms with Gasteiger partial charge in [0.15, 0.2) is 0 Å². The SMILES string of the molecule is Cc1csc(-c2cc(/C=C/c3ccccc3)c3n(c2=O)CCCc2ccncc2-3)n1. The van der Waals surface area contributed by atoms with Crippen molar-refractivity contribution >= 4 is 23.5 Å². The van der Waals surface area contributed by atoms with Crippen LogP contribution in [0.5, 0.6) is 0 Å². The van der Waals surface area contributed by atoms with E-state index in [9.17, 15) is 4.79 Å². The molecule has 4 aromatic rings. The van der Waals surface area contributed by atoms with Crippen LogP contribution in [-0.4, -0.2) is 14.5 Å². The Hall–Kier alpha value is -3.31. The Morgan fingerprint density at radius 3 is 2.77 bits per heavy atom. The first-order valence-electron chi connectivity index (χ1n) is 10.1. The molecule has 0 atom stereocenters. The zero-order valence-corrected chi connectivity index (χ0v) is 17.5. The highest BCUT2D eigenvalue weighted by Crippen LogP contribution is 2.33. The van der Waals surface area contributed by atoms with Crippen molar-refractivity contribution in [3.8, 4) is 21.8 Å². The van der Waals surface area contributed by atoms with E-state index in [0.29, 0.717) is 12.1 Å². The number of aromatic nitrogens is 3. The van der Waals surface area contributed by atoms with Crippen LogP contribution in [0.1, 0.15) is 28.8 Å². The van der Waals surface area contributed by atoms with Crippen molar-refractivity contribution in [3.05, 3.63) is 93.0 Å². The van der Waals surface area contributed by atoms with Gasteiger partial charge in [-0.25, -0.2) is 4.98 Å². The average molecular weight is 412 g/mol. The van der Waals surface area contributed by atoms with Crippen LogP contribution in [0.2, 0.25) is 0 Å². The molecule has 1 aliphatic heterocycles. The maximum absolute atomic E-state index is 13.5. The van der Waals surface area contributed by atoms with Gasteiger partial charge in [0.2, 0.25) is 0 Å². The van der Waals surface area contributed by atoms with Crippen LogP contribution in [-0.2, 0) is 13.0 Å². The molecule has 1 aliphatic rings. The van der Waals surface area contributed by atoms with Gasteiger partial charge in [-0.3, -0.25) is 9.78 Å². The highest BCUT2D eigenvalue weighted by molar-refractivity contribution is 7.13. The molecule has 0 N–H and O–H groups in total. The number of hydrogen-bond donors (Lipinski definition) is 0. The average Bonchev–Trinajstić information content (AvgIpc) is 3.10. The van der Waals surface area contributed by atoms with Crippen LogP contribution < -0.4 is 5.56 Å². The number of hydrogen-bond acceptors (Lipinski definition) is 4. The standard InChI is InChI=1S/C25H21N3OS/c1-17-16-30-24(27-17)21-14-20(10-9-18-6-3-2-4-7-18)23-22-15-26-12-11-19(22)8-5-13-28(23)25(21)29/h2-4,6-7,9-12,14-16H,5,8,13H2,1H3/b10-9+. The van der Waals surface area contributed by atoms with Crippen molar-refractivity contribution < 1.29 is 0 Å². The van der Waals surface area contributed by atoms with Gasteiger partial charge in [-0.1, -0.05) is 42.5 Å². The highest BCUT2D eigenvalue weighted by atomic mass is 32.1. The first kappa shape index (κ1) is 18.7. The van der Waals surface area contributed by atoms with Gasteiger partial charge in [0.1, 0.15) is 5.01 Å². The molecular formula is C25H21N3OS. The molecule has 30 heavy (non-hydrogen) atoms. The third-order valence-corrected chi connectivity index (χ3v) is 6.41. The molecule has 0 unspecified atom stereocenters. The minimum Gasteiger partial charge on any atom is -0.307 e. The van der Waals surface area contributed by atoms with E-state index < -0.39 is 0 Å². The molecule has 5 heteroatoms. The molecule has 4 heterocycles. The van der Waals surface area contributed by atoms with E-state index in [0.717, 1.165) is 45.9 Å². The fraction of sp³-hybridized carbons (Fsp3) is 0.160. The second-order valence-electron chi connectivity index (χ2n) is 7.49. The van der Waals surface area contributed by atoms with Gasteiger partial charge < -0.3 is 4.57 Å². The first-order valence-corrected chi connectivity index (χ1v) is 11.0. The molecule has 3 aromatic heterocycles. The van der Waals surface area contributed by atoms with Crippen molar-refractivity contribution in [1.29, 1.82) is 0 Å². The number of thiazole rings is 1. The van der Waals surface area contributed by atoms with Crippen LogP contribution in [0, 0.1) is 6.92 Å². The number of fused-ring (bicyclic) bond motifs is 3. The van der Waals surface area contributed by atoms with Crippen molar-refractivity contribution in [2.45, 2.75) is 26.3 Å². The van der Waals surface area contributed by atoms with Gasteiger partial charge in [-0.05, 0) is 48.6 Å². The Labute approximate surface area is 179 Å². The van der Waals surface area contributed by atoms with Crippen molar-refractivity contribution in [2.75, 3.05) is 0 Å². The van der Waals surface area contributed by atoms with E-state index in [4.69, 9.17) is 0 Å². The smallest absolute Gasteiger partial charge is 0.261 e. The van der Waals surface area contributed by atoms with Crippen LogP contribution in [0.4, 0.5) is 0 Å². The van der Waals surface area contributed by atoms with Crippen LogP contribution in [0.3, 0.4) is 0 Å². The summed E-state index contributed by atoms with van der Waals surface area (Å²) in [4.78, 5) is 22.4. The Balaban J connectivity index is 1.77. The summed E-state index contributed by atoms with van der Waals surface area (Å²) in [6.45, 7) is 2.65. The van der Waals surface area contributed by atoms with E-state index in [1.807, 2.05) is 53.5 Å². The van der Waals surface area contributed by atoms with Crippen molar-refractivity contribution in [3.63, 3.8) is 0 Å². The highest BCUT2D eigenvalue weighted by Gasteiger charge is 2.22. The van der Waals surface area contributed by atoms with E-state index in [1.54, 1.807) is 0 Å². The monoisotopic (exact) mass is 411 g/mol. The van der Waals surface area contributed by atoms with E-state index >= 15 is 0 Å². The Kier molecular flexibility index (Phi) is 4.89. The summed E-state index contributed by atoms with van der Waals surface area (Å²) in [5.41, 5.74) is 6.98. The molecule has 148 valence electrons. The van der Waals surface area contributed by atoms with Crippen molar-refractivity contribution in [2.24, 2.45) is 0 Å². The number of benzene rings is 1. The van der Waals surface area contributed by atoms with Crippen LogP contribution in [0.25, 0.3) is 34.0 Å². The molecule has 0 saturated carbocycles. The quantitative estimate of drug-likeness (QED) is 0.450. The number of pyridine rings is 2. The fourth-order valence-electron chi connectivity index (χ4n) is 3.99. The lowest BCUT2D eigenvalue weighted by Gasteiger charge is -2.16. The summed E-state index contributed by atoms with van der Waals surface area (Å²) in [7, 11) is 0.